The Bertz CT molecular complexity index is 365. The van der Waals surface area contributed by atoms with E-state index >= 15 is 0 Å². The fourth-order valence-corrected chi connectivity index (χ4v) is 1.60. The van der Waals surface area contributed by atoms with E-state index in [2.05, 4.69) is 5.32 Å². The van der Waals surface area contributed by atoms with E-state index in [-0.39, 0.29) is 0 Å². The number of carboxylic acids is 1. The minimum absolute atomic E-state index is 0.560. The summed E-state index contributed by atoms with van der Waals surface area (Å²) in [6.07, 6.45) is 1.41. The van der Waals surface area contributed by atoms with Crippen molar-refractivity contribution in [2.45, 2.75) is 32.7 Å². The Morgan fingerprint density at radius 2 is 2.12 bits per heavy atom. The molecule has 1 aromatic rings. The van der Waals surface area contributed by atoms with E-state index < -0.39 is 12.0 Å². The predicted octanol–water partition coefficient (Wildman–Crippen LogP) is 2.75. The lowest BCUT2D eigenvalue weighted by Crippen LogP contribution is -2.29. The third-order valence-corrected chi connectivity index (χ3v) is 2.39. The van der Waals surface area contributed by atoms with Crippen LogP contribution < -0.4 is 10.1 Å². The van der Waals surface area contributed by atoms with Gasteiger partial charge in [0.1, 0.15) is 11.8 Å². The Morgan fingerprint density at radius 3 is 2.71 bits per heavy atom. The van der Waals surface area contributed by atoms with Gasteiger partial charge < -0.3 is 15.2 Å². The number of hydrogen-bond donors (Lipinski definition) is 2. The molecule has 1 atom stereocenters. The van der Waals surface area contributed by atoms with Crippen LogP contribution in [0.3, 0.4) is 0 Å². The summed E-state index contributed by atoms with van der Waals surface area (Å²) in [6, 6.07) is 6.82. The molecule has 0 heterocycles. The summed E-state index contributed by atoms with van der Waals surface area (Å²) in [6.45, 7) is 4.42. The Morgan fingerprint density at radius 1 is 1.41 bits per heavy atom. The summed E-state index contributed by atoms with van der Waals surface area (Å²) in [5.74, 6) is -0.143. The van der Waals surface area contributed by atoms with Crippen LogP contribution in [0.15, 0.2) is 24.3 Å². The van der Waals surface area contributed by atoms with E-state index in [1.54, 1.807) is 0 Å². The Labute approximate surface area is 102 Å². The van der Waals surface area contributed by atoms with Crippen molar-refractivity contribution >= 4 is 11.7 Å². The van der Waals surface area contributed by atoms with E-state index in [4.69, 9.17) is 9.84 Å². The number of aliphatic carboxylic acids is 1. The summed E-state index contributed by atoms with van der Waals surface area (Å²) in [7, 11) is 0. The average molecular weight is 237 g/mol. The number of carbonyl (C=O) groups is 1. The summed E-state index contributed by atoms with van der Waals surface area (Å²) >= 11 is 0. The monoisotopic (exact) mass is 237 g/mol. The molecular weight excluding hydrogens is 218 g/mol. The second-order valence-corrected chi connectivity index (χ2v) is 3.75. The molecule has 0 radical (unpaired) electrons. The zero-order valence-corrected chi connectivity index (χ0v) is 10.3. The van der Waals surface area contributed by atoms with Gasteiger partial charge in [-0.1, -0.05) is 25.5 Å². The highest BCUT2D eigenvalue weighted by Gasteiger charge is 2.17. The third kappa shape index (κ3) is 3.98. The molecule has 0 aliphatic rings. The molecule has 0 aromatic heterocycles. The van der Waals surface area contributed by atoms with Gasteiger partial charge in [-0.05, 0) is 25.5 Å². The minimum atomic E-state index is -0.835. The molecule has 94 valence electrons. The third-order valence-electron chi connectivity index (χ3n) is 2.39. The van der Waals surface area contributed by atoms with E-state index in [0.717, 1.165) is 12.1 Å². The predicted molar refractivity (Wildman–Crippen MR) is 67.6 cm³/mol. The zero-order chi connectivity index (χ0) is 12.7. The first-order valence-electron chi connectivity index (χ1n) is 5.90. The molecule has 17 heavy (non-hydrogen) atoms. The molecule has 0 fully saturated rings. The van der Waals surface area contributed by atoms with Crippen LogP contribution in [0, 0.1) is 0 Å². The number of nitrogens with one attached hydrogen (secondary N) is 1. The molecule has 0 bridgehead atoms. The quantitative estimate of drug-likeness (QED) is 0.765. The fraction of sp³-hybridized carbons (Fsp3) is 0.462. The first-order chi connectivity index (χ1) is 8.19. The van der Waals surface area contributed by atoms with Crippen LogP contribution in [0.5, 0.6) is 5.75 Å². The standard InChI is InChI=1S/C13H19NO3/c1-3-7-11(13(15)16)14-10-8-5-6-9-12(10)17-4-2/h5-6,8-9,11,14H,3-4,7H2,1-2H3,(H,15,16)/t11-/m0/s1. The van der Waals surface area contributed by atoms with Crippen LogP contribution in [-0.2, 0) is 4.79 Å². The highest BCUT2D eigenvalue weighted by atomic mass is 16.5. The molecule has 0 spiro atoms. The number of ether oxygens (including phenoxy) is 1. The lowest BCUT2D eigenvalue weighted by molar-refractivity contribution is -0.138. The number of carboxylic acid groups (broad SMARTS) is 1. The van der Waals surface area contributed by atoms with E-state index in [9.17, 15) is 4.79 Å². The zero-order valence-electron chi connectivity index (χ0n) is 10.3. The summed E-state index contributed by atoms with van der Waals surface area (Å²) < 4.78 is 5.44. The SMILES string of the molecule is CCC[C@H](Nc1ccccc1OCC)C(=O)O. The summed E-state index contributed by atoms with van der Waals surface area (Å²) in [5, 5.41) is 12.1. The van der Waals surface area contributed by atoms with Gasteiger partial charge in [-0.2, -0.15) is 0 Å². The number of para-hydroxylation sites is 2. The van der Waals surface area contributed by atoms with Crippen molar-refractivity contribution in [1.29, 1.82) is 0 Å². The maximum absolute atomic E-state index is 11.1. The van der Waals surface area contributed by atoms with Gasteiger partial charge in [0.15, 0.2) is 0 Å². The molecule has 0 saturated carbocycles. The number of hydrogen-bond acceptors (Lipinski definition) is 3. The molecule has 2 N–H and O–H groups in total. The van der Waals surface area contributed by atoms with Crippen molar-refractivity contribution in [1.82, 2.24) is 0 Å². The number of rotatable bonds is 7. The van der Waals surface area contributed by atoms with Gasteiger partial charge in [0.2, 0.25) is 0 Å². The lowest BCUT2D eigenvalue weighted by Gasteiger charge is -2.17. The average Bonchev–Trinajstić information content (AvgIpc) is 2.31. The van der Waals surface area contributed by atoms with Crippen molar-refractivity contribution < 1.29 is 14.6 Å². The Hall–Kier alpha value is -1.71. The maximum atomic E-state index is 11.1. The first kappa shape index (κ1) is 13.4. The van der Waals surface area contributed by atoms with Crippen molar-refractivity contribution in [2.24, 2.45) is 0 Å². The highest BCUT2D eigenvalue weighted by Crippen LogP contribution is 2.25. The molecule has 0 aliphatic heterocycles. The second kappa shape index (κ2) is 6.78. The fourth-order valence-electron chi connectivity index (χ4n) is 1.60. The van der Waals surface area contributed by atoms with Crippen molar-refractivity contribution in [3.05, 3.63) is 24.3 Å². The maximum Gasteiger partial charge on any atom is 0.326 e. The first-order valence-corrected chi connectivity index (χ1v) is 5.90. The second-order valence-electron chi connectivity index (χ2n) is 3.75. The molecule has 1 aromatic carbocycles. The molecule has 4 nitrogen and oxygen atoms in total. The van der Waals surface area contributed by atoms with Gasteiger partial charge >= 0.3 is 5.97 Å². The van der Waals surface area contributed by atoms with E-state index in [1.807, 2.05) is 38.1 Å². The van der Waals surface area contributed by atoms with Crippen LogP contribution in [0.1, 0.15) is 26.7 Å². The molecule has 1 rings (SSSR count). The van der Waals surface area contributed by atoms with Crippen molar-refractivity contribution in [3.63, 3.8) is 0 Å². The molecule has 0 aliphatic carbocycles. The van der Waals surface area contributed by atoms with Crippen molar-refractivity contribution in [3.8, 4) is 5.75 Å². The molecule has 0 saturated heterocycles. The largest absolute Gasteiger partial charge is 0.492 e. The molecular formula is C13H19NO3. The highest BCUT2D eigenvalue weighted by molar-refractivity contribution is 5.78. The van der Waals surface area contributed by atoms with Crippen molar-refractivity contribution in [2.75, 3.05) is 11.9 Å². The van der Waals surface area contributed by atoms with Crippen LogP contribution in [0.2, 0.25) is 0 Å². The minimum Gasteiger partial charge on any atom is -0.492 e. The smallest absolute Gasteiger partial charge is 0.326 e. The molecule has 0 amide bonds. The normalized spacial score (nSPS) is 11.9. The Kier molecular flexibility index (Phi) is 5.33. The van der Waals surface area contributed by atoms with E-state index in [1.165, 1.54) is 0 Å². The van der Waals surface area contributed by atoms with Gasteiger partial charge in [0.25, 0.3) is 0 Å². The van der Waals surface area contributed by atoms with Gasteiger partial charge in [-0.3, -0.25) is 0 Å². The van der Waals surface area contributed by atoms with E-state index in [0.29, 0.717) is 18.8 Å². The van der Waals surface area contributed by atoms with Crippen LogP contribution in [-0.4, -0.2) is 23.7 Å². The van der Waals surface area contributed by atoms with Gasteiger partial charge in [0, 0.05) is 0 Å². The molecule has 0 unspecified atom stereocenters. The lowest BCUT2D eigenvalue weighted by atomic mass is 10.1. The number of anilines is 1. The van der Waals surface area contributed by atoms with Crippen LogP contribution in [0.4, 0.5) is 5.69 Å². The number of benzene rings is 1. The summed E-state index contributed by atoms with van der Waals surface area (Å²) in [5.41, 5.74) is 0.732. The van der Waals surface area contributed by atoms with Crippen LogP contribution >= 0.6 is 0 Å². The summed E-state index contributed by atoms with van der Waals surface area (Å²) in [4.78, 5) is 11.1. The topological polar surface area (TPSA) is 58.6 Å². The van der Waals surface area contributed by atoms with Gasteiger partial charge in [-0.25, -0.2) is 4.79 Å². The Balaban J connectivity index is 2.80. The van der Waals surface area contributed by atoms with Gasteiger partial charge in [0.05, 0.1) is 12.3 Å². The molecule has 4 heteroatoms. The van der Waals surface area contributed by atoms with Gasteiger partial charge in [-0.15, -0.1) is 0 Å². The van der Waals surface area contributed by atoms with Crippen LogP contribution in [0.25, 0.3) is 0 Å².